The summed E-state index contributed by atoms with van der Waals surface area (Å²) in [6, 6.07) is 12.9. The van der Waals surface area contributed by atoms with Crippen LogP contribution < -0.4 is 15.8 Å². The lowest BCUT2D eigenvalue weighted by molar-refractivity contribution is -0.123. The molecule has 2 aromatic rings. The molecule has 0 aliphatic carbocycles. The second kappa shape index (κ2) is 8.33. The molecule has 0 spiro atoms. The van der Waals surface area contributed by atoms with Crippen molar-refractivity contribution >= 4 is 23.4 Å². The third-order valence-corrected chi connectivity index (χ3v) is 3.47. The summed E-state index contributed by atoms with van der Waals surface area (Å²) >= 11 is 5.85. The van der Waals surface area contributed by atoms with Gasteiger partial charge in [-0.25, -0.2) is 0 Å². The number of rotatable bonds is 7. The van der Waals surface area contributed by atoms with Crippen molar-refractivity contribution in [3.8, 4) is 5.75 Å². The van der Waals surface area contributed by atoms with Gasteiger partial charge in [0.15, 0.2) is 6.61 Å². The third kappa shape index (κ3) is 5.26. The molecule has 0 fully saturated rings. The van der Waals surface area contributed by atoms with Crippen molar-refractivity contribution in [3.63, 3.8) is 0 Å². The van der Waals surface area contributed by atoms with Gasteiger partial charge >= 0.3 is 0 Å². The Morgan fingerprint density at radius 2 is 1.92 bits per heavy atom. The van der Waals surface area contributed by atoms with Gasteiger partial charge < -0.3 is 20.9 Å². The number of benzene rings is 2. The third-order valence-electron chi connectivity index (χ3n) is 3.23. The quantitative estimate of drug-likeness (QED) is 0.708. The first kappa shape index (κ1) is 17.8. The average molecular weight is 349 g/mol. The van der Waals surface area contributed by atoms with Gasteiger partial charge in [0.1, 0.15) is 5.75 Å². The summed E-state index contributed by atoms with van der Waals surface area (Å²) in [5.74, 6) is -0.477. The van der Waals surface area contributed by atoms with E-state index in [0.717, 1.165) is 0 Å². The van der Waals surface area contributed by atoms with Crippen LogP contribution >= 0.6 is 11.6 Å². The number of primary amides is 1. The van der Waals surface area contributed by atoms with Crippen LogP contribution in [0.1, 0.15) is 22.0 Å². The van der Waals surface area contributed by atoms with Crippen molar-refractivity contribution in [2.45, 2.75) is 6.10 Å². The van der Waals surface area contributed by atoms with Gasteiger partial charge in [0.25, 0.3) is 5.91 Å². The topological polar surface area (TPSA) is 102 Å². The van der Waals surface area contributed by atoms with Crippen molar-refractivity contribution in [2.75, 3.05) is 13.2 Å². The molecule has 0 radical (unpaired) electrons. The molecule has 1 atom stereocenters. The highest BCUT2D eigenvalue weighted by Crippen LogP contribution is 2.17. The zero-order chi connectivity index (χ0) is 17.5. The molecule has 0 heterocycles. The Hall–Kier alpha value is -2.57. The number of aliphatic hydroxyl groups is 1. The minimum atomic E-state index is -0.859. The van der Waals surface area contributed by atoms with E-state index in [1.807, 2.05) is 0 Å². The molecule has 0 aromatic heterocycles. The Labute approximate surface area is 144 Å². The summed E-state index contributed by atoms with van der Waals surface area (Å²) in [5, 5.41) is 13.1. The smallest absolute Gasteiger partial charge is 0.258 e. The largest absolute Gasteiger partial charge is 0.484 e. The predicted octanol–water partition coefficient (Wildman–Crippen LogP) is 1.67. The van der Waals surface area contributed by atoms with E-state index >= 15 is 0 Å². The van der Waals surface area contributed by atoms with Crippen LogP contribution in [0, 0.1) is 0 Å². The number of nitrogens with one attached hydrogen (secondary N) is 1. The van der Waals surface area contributed by atoms with E-state index in [1.54, 1.807) is 36.4 Å². The Morgan fingerprint density at radius 3 is 2.54 bits per heavy atom. The predicted molar refractivity (Wildman–Crippen MR) is 89.9 cm³/mol. The fourth-order valence-electron chi connectivity index (χ4n) is 1.96. The van der Waals surface area contributed by atoms with Crippen LogP contribution in [0.15, 0.2) is 48.5 Å². The zero-order valence-corrected chi connectivity index (χ0v) is 13.5. The summed E-state index contributed by atoms with van der Waals surface area (Å²) < 4.78 is 5.29. The summed E-state index contributed by atoms with van der Waals surface area (Å²) in [7, 11) is 0. The van der Waals surface area contributed by atoms with Gasteiger partial charge in [-0.3, -0.25) is 9.59 Å². The molecule has 126 valence electrons. The Balaban J connectivity index is 1.78. The number of hydrogen-bond donors (Lipinski definition) is 3. The molecule has 0 aliphatic heterocycles. The van der Waals surface area contributed by atoms with Crippen molar-refractivity contribution < 1.29 is 19.4 Å². The average Bonchev–Trinajstić information content (AvgIpc) is 2.58. The van der Waals surface area contributed by atoms with Crippen LogP contribution in [0.5, 0.6) is 5.75 Å². The van der Waals surface area contributed by atoms with E-state index < -0.39 is 12.0 Å². The van der Waals surface area contributed by atoms with Gasteiger partial charge in [0, 0.05) is 17.1 Å². The van der Waals surface area contributed by atoms with E-state index in [0.29, 0.717) is 21.9 Å². The maximum Gasteiger partial charge on any atom is 0.258 e. The molecule has 2 rings (SSSR count). The van der Waals surface area contributed by atoms with Gasteiger partial charge in [-0.1, -0.05) is 23.7 Å². The lowest BCUT2D eigenvalue weighted by Crippen LogP contribution is -2.32. The van der Waals surface area contributed by atoms with Gasteiger partial charge in [-0.2, -0.15) is 0 Å². The highest BCUT2D eigenvalue weighted by molar-refractivity contribution is 6.30. The molecule has 0 bridgehead atoms. The second-order valence-electron chi connectivity index (χ2n) is 5.05. The van der Waals surface area contributed by atoms with E-state index in [9.17, 15) is 14.7 Å². The Morgan fingerprint density at radius 1 is 1.21 bits per heavy atom. The van der Waals surface area contributed by atoms with Crippen molar-refractivity contribution in [1.29, 1.82) is 0 Å². The van der Waals surface area contributed by atoms with Crippen LogP contribution in [-0.4, -0.2) is 30.1 Å². The summed E-state index contributed by atoms with van der Waals surface area (Å²) in [5.41, 5.74) is 6.11. The molecular formula is C17H17ClN2O4. The number of aliphatic hydroxyl groups excluding tert-OH is 1. The normalized spacial score (nSPS) is 11.6. The lowest BCUT2D eigenvalue weighted by atomic mass is 10.1. The summed E-state index contributed by atoms with van der Waals surface area (Å²) in [6.07, 6.45) is -0.859. The number of amides is 2. The van der Waals surface area contributed by atoms with E-state index in [1.165, 1.54) is 12.1 Å². The summed E-state index contributed by atoms with van der Waals surface area (Å²) in [6.45, 7) is -0.165. The molecular weight excluding hydrogens is 332 g/mol. The number of carbonyl (C=O) groups is 2. The number of ether oxygens (including phenoxy) is 1. The molecule has 0 saturated heterocycles. The Kier molecular flexibility index (Phi) is 6.17. The first-order chi connectivity index (χ1) is 11.5. The van der Waals surface area contributed by atoms with E-state index in [-0.39, 0.29) is 19.1 Å². The van der Waals surface area contributed by atoms with Crippen LogP contribution in [0.25, 0.3) is 0 Å². The van der Waals surface area contributed by atoms with E-state index in [4.69, 9.17) is 22.1 Å². The molecule has 0 unspecified atom stereocenters. The highest BCUT2D eigenvalue weighted by atomic mass is 35.5. The second-order valence-corrected chi connectivity index (χ2v) is 5.49. The standard InChI is InChI=1S/C17H17ClN2O4/c18-13-3-1-2-12(8-13)15(21)9-20-16(22)10-24-14-6-4-11(5-7-14)17(19)23/h1-8,15,21H,9-10H2,(H2,19,23)(H,20,22)/t15-/m1/s1. The minimum absolute atomic E-state index is 0.0448. The molecule has 7 heteroatoms. The minimum Gasteiger partial charge on any atom is -0.484 e. The maximum atomic E-state index is 11.7. The van der Waals surface area contributed by atoms with Crippen molar-refractivity contribution in [3.05, 3.63) is 64.7 Å². The molecule has 2 aromatic carbocycles. The zero-order valence-electron chi connectivity index (χ0n) is 12.7. The number of nitrogens with two attached hydrogens (primary N) is 1. The monoisotopic (exact) mass is 348 g/mol. The number of carbonyl (C=O) groups excluding carboxylic acids is 2. The van der Waals surface area contributed by atoms with Gasteiger partial charge in [-0.05, 0) is 42.0 Å². The van der Waals surface area contributed by atoms with Gasteiger partial charge in [0.2, 0.25) is 5.91 Å². The van der Waals surface area contributed by atoms with Crippen molar-refractivity contribution in [2.24, 2.45) is 5.73 Å². The Bertz CT molecular complexity index is 719. The fourth-order valence-corrected chi connectivity index (χ4v) is 2.16. The molecule has 0 aliphatic rings. The van der Waals surface area contributed by atoms with Gasteiger partial charge in [-0.15, -0.1) is 0 Å². The highest BCUT2D eigenvalue weighted by Gasteiger charge is 2.10. The number of hydrogen-bond acceptors (Lipinski definition) is 4. The molecule has 24 heavy (non-hydrogen) atoms. The molecule has 0 saturated carbocycles. The van der Waals surface area contributed by atoms with Crippen LogP contribution in [0.2, 0.25) is 5.02 Å². The first-order valence-electron chi connectivity index (χ1n) is 7.18. The van der Waals surface area contributed by atoms with E-state index in [2.05, 4.69) is 5.32 Å². The molecule has 4 N–H and O–H groups in total. The SMILES string of the molecule is NC(=O)c1ccc(OCC(=O)NC[C@@H](O)c2cccc(Cl)c2)cc1. The van der Waals surface area contributed by atoms with Crippen molar-refractivity contribution in [1.82, 2.24) is 5.32 Å². The van der Waals surface area contributed by atoms with Gasteiger partial charge in [0.05, 0.1) is 6.10 Å². The van der Waals surface area contributed by atoms with Crippen LogP contribution in [-0.2, 0) is 4.79 Å². The number of halogens is 1. The first-order valence-corrected chi connectivity index (χ1v) is 7.56. The van der Waals surface area contributed by atoms with Crippen LogP contribution in [0.3, 0.4) is 0 Å². The molecule has 6 nitrogen and oxygen atoms in total. The van der Waals surface area contributed by atoms with Crippen LogP contribution in [0.4, 0.5) is 0 Å². The molecule has 2 amide bonds. The maximum absolute atomic E-state index is 11.7. The lowest BCUT2D eigenvalue weighted by Gasteiger charge is -2.13. The fraction of sp³-hybridized carbons (Fsp3) is 0.176. The summed E-state index contributed by atoms with van der Waals surface area (Å²) in [4.78, 5) is 22.7.